The van der Waals surface area contributed by atoms with Gasteiger partial charge in [-0.1, -0.05) is 32.0 Å². The smallest absolute Gasteiger partial charge is 0.265 e. The summed E-state index contributed by atoms with van der Waals surface area (Å²) < 4.78 is 5.72. The van der Waals surface area contributed by atoms with E-state index in [-0.39, 0.29) is 5.91 Å². The Balaban J connectivity index is 1.97. The topological polar surface area (TPSA) is 38.3 Å². The first-order valence-corrected chi connectivity index (χ1v) is 8.01. The summed E-state index contributed by atoms with van der Waals surface area (Å²) >= 11 is 0. The van der Waals surface area contributed by atoms with E-state index in [0.29, 0.717) is 11.7 Å². The lowest BCUT2D eigenvalue weighted by atomic mass is 10.0. The molecule has 0 aliphatic heterocycles. The number of aryl methyl sites for hydroxylation is 2. The lowest BCUT2D eigenvalue weighted by Gasteiger charge is -2.16. The molecule has 3 heteroatoms. The van der Waals surface area contributed by atoms with E-state index in [9.17, 15) is 4.79 Å². The highest BCUT2D eigenvalue weighted by molar-refractivity contribution is 5.94. The highest BCUT2D eigenvalue weighted by Gasteiger charge is 2.15. The average molecular weight is 311 g/mol. The molecule has 122 valence electrons. The largest absolute Gasteiger partial charge is 0.481 e. The molecule has 2 aromatic rings. The lowest BCUT2D eigenvalue weighted by Crippen LogP contribution is -2.30. The molecule has 2 aromatic carbocycles. The molecular weight excluding hydrogens is 286 g/mol. The van der Waals surface area contributed by atoms with Crippen molar-refractivity contribution in [3.8, 4) is 5.75 Å². The van der Waals surface area contributed by atoms with Crippen LogP contribution in [0.5, 0.6) is 5.75 Å². The summed E-state index contributed by atoms with van der Waals surface area (Å²) in [6.45, 7) is 10.1. The number of ether oxygens (including phenoxy) is 1. The molecule has 0 radical (unpaired) electrons. The van der Waals surface area contributed by atoms with Crippen molar-refractivity contribution in [1.82, 2.24) is 0 Å². The van der Waals surface area contributed by atoms with Gasteiger partial charge in [-0.25, -0.2) is 0 Å². The number of nitrogens with one attached hydrogen (secondary N) is 1. The van der Waals surface area contributed by atoms with E-state index in [1.807, 2.05) is 56.3 Å². The average Bonchev–Trinajstić information content (AvgIpc) is 2.51. The molecule has 1 amide bonds. The van der Waals surface area contributed by atoms with Crippen LogP contribution in [0.25, 0.3) is 0 Å². The molecule has 0 unspecified atom stereocenters. The molecule has 0 saturated heterocycles. The minimum atomic E-state index is -0.554. The van der Waals surface area contributed by atoms with Gasteiger partial charge in [0.05, 0.1) is 0 Å². The van der Waals surface area contributed by atoms with Crippen molar-refractivity contribution in [3.63, 3.8) is 0 Å². The Morgan fingerprint density at radius 2 is 1.61 bits per heavy atom. The molecule has 0 aromatic heterocycles. The Kier molecular flexibility index (Phi) is 5.43. The van der Waals surface area contributed by atoms with E-state index in [2.05, 4.69) is 19.2 Å². The zero-order chi connectivity index (χ0) is 17.0. The van der Waals surface area contributed by atoms with Crippen molar-refractivity contribution in [2.24, 2.45) is 0 Å². The normalized spacial score (nSPS) is 12.1. The van der Waals surface area contributed by atoms with Gasteiger partial charge < -0.3 is 10.1 Å². The van der Waals surface area contributed by atoms with Crippen molar-refractivity contribution < 1.29 is 9.53 Å². The summed E-state index contributed by atoms with van der Waals surface area (Å²) in [6, 6.07) is 13.8. The number of rotatable bonds is 5. The second-order valence-electron chi connectivity index (χ2n) is 6.27. The second-order valence-corrected chi connectivity index (χ2v) is 6.27. The van der Waals surface area contributed by atoms with Crippen molar-refractivity contribution in [1.29, 1.82) is 0 Å². The maximum absolute atomic E-state index is 12.3. The third-order valence-corrected chi connectivity index (χ3v) is 4.00. The van der Waals surface area contributed by atoms with Gasteiger partial charge in [0.2, 0.25) is 0 Å². The number of carbonyl (C=O) groups is 1. The van der Waals surface area contributed by atoms with Crippen LogP contribution in [0.15, 0.2) is 42.5 Å². The number of anilines is 1. The molecule has 0 aliphatic rings. The summed E-state index contributed by atoms with van der Waals surface area (Å²) in [5, 5.41) is 2.90. The third-order valence-electron chi connectivity index (χ3n) is 4.00. The van der Waals surface area contributed by atoms with Crippen LogP contribution in [-0.4, -0.2) is 12.0 Å². The molecule has 0 saturated carbocycles. The van der Waals surface area contributed by atoms with Crippen LogP contribution < -0.4 is 10.1 Å². The fraction of sp³-hybridized carbons (Fsp3) is 0.350. The van der Waals surface area contributed by atoms with Gasteiger partial charge in [0.1, 0.15) is 5.75 Å². The van der Waals surface area contributed by atoms with E-state index in [1.165, 1.54) is 11.1 Å². The quantitative estimate of drug-likeness (QED) is 0.858. The van der Waals surface area contributed by atoms with Crippen LogP contribution in [0.4, 0.5) is 5.69 Å². The fourth-order valence-electron chi connectivity index (χ4n) is 2.25. The van der Waals surface area contributed by atoms with Gasteiger partial charge in [-0.05, 0) is 67.6 Å². The predicted molar refractivity (Wildman–Crippen MR) is 95.2 cm³/mol. The van der Waals surface area contributed by atoms with Gasteiger partial charge in [0.25, 0.3) is 5.91 Å². The number of hydrogen-bond donors (Lipinski definition) is 1. The van der Waals surface area contributed by atoms with E-state index in [4.69, 9.17) is 4.74 Å². The molecule has 3 nitrogen and oxygen atoms in total. The maximum Gasteiger partial charge on any atom is 0.265 e. The molecule has 0 bridgehead atoms. The van der Waals surface area contributed by atoms with Crippen LogP contribution in [0.2, 0.25) is 0 Å². The van der Waals surface area contributed by atoms with E-state index < -0.39 is 6.10 Å². The molecular formula is C20H25NO2. The molecule has 0 fully saturated rings. The summed E-state index contributed by atoms with van der Waals surface area (Å²) in [6.07, 6.45) is -0.554. The van der Waals surface area contributed by atoms with Crippen molar-refractivity contribution >= 4 is 11.6 Å². The number of amides is 1. The number of carbonyl (C=O) groups excluding carboxylic acids is 1. The Hall–Kier alpha value is -2.29. The van der Waals surface area contributed by atoms with Crippen LogP contribution in [-0.2, 0) is 4.79 Å². The van der Waals surface area contributed by atoms with E-state index in [1.54, 1.807) is 6.92 Å². The fourth-order valence-corrected chi connectivity index (χ4v) is 2.25. The minimum absolute atomic E-state index is 0.152. The first kappa shape index (κ1) is 17.1. The number of hydrogen-bond acceptors (Lipinski definition) is 2. The van der Waals surface area contributed by atoms with Crippen LogP contribution >= 0.6 is 0 Å². The molecule has 1 N–H and O–H groups in total. The summed E-state index contributed by atoms with van der Waals surface area (Å²) in [4.78, 5) is 12.3. The highest BCUT2D eigenvalue weighted by atomic mass is 16.5. The first-order chi connectivity index (χ1) is 10.9. The van der Waals surface area contributed by atoms with Crippen LogP contribution in [0.1, 0.15) is 43.4 Å². The monoisotopic (exact) mass is 311 g/mol. The van der Waals surface area contributed by atoms with Crippen molar-refractivity contribution in [3.05, 3.63) is 59.2 Å². The Labute approximate surface area is 138 Å². The van der Waals surface area contributed by atoms with Gasteiger partial charge in [0, 0.05) is 5.69 Å². The molecule has 0 spiro atoms. The number of benzene rings is 2. The zero-order valence-corrected chi connectivity index (χ0v) is 14.5. The van der Waals surface area contributed by atoms with Crippen LogP contribution in [0, 0.1) is 13.8 Å². The Morgan fingerprint density at radius 3 is 2.17 bits per heavy atom. The van der Waals surface area contributed by atoms with Crippen molar-refractivity contribution in [2.45, 2.75) is 46.6 Å². The van der Waals surface area contributed by atoms with Gasteiger partial charge in [0.15, 0.2) is 6.10 Å². The highest BCUT2D eigenvalue weighted by Crippen LogP contribution is 2.20. The second kappa shape index (κ2) is 7.32. The summed E-state index contributed by atoms with van der Waals surface area (Å²) in [5.74, 6) is 1.04. The molecule has 0 aliphatic carbocycles. The van der Waals surface area contributed by atoms with Crippen molar-refractivity contribution in [2.75, 3.05) is 5.32 Å². The zero-order valence-electron chi connectivity index (χ0n) is 14.5. The summed E-state index contributed by atoms with van der Waals surface area (Å²) in [5.41, 5.74) is 4.41. The Morgan fingerprint density at radius 1 is 0.957 bits per heavy atom. The lowest BCUT2D eigenvalue weighted by molar-refractivity contribution is -0.122. The van der Waals surface area contributed by atoms with Gasteiger partial charge in [-0.3, -0.25) is 4.79 Å². The standard InChI is InChI=1S/C20H25NO2/c1-13(2)17-7-10-19(11-8-17)23-16(5)20(22)21-18-9-6-14(3)15(4)12-18/h6-13,16H,1-5H3,(H,21,22)/t16-/m1/s1. The molecule has 0 heterocycles. The van der Waals surface area contributed by atoms with Gasteiger partial charge in [-0.2, -0.15) is 0 Å². The molecule has 1 atom stereocenters. The van der Waals surface area contributed by atoms with E-state index >= 15 is 0 Å². The molecule has 2 rings (SSSR count). The van der Waals surface area contributed by atoms with Gasteiger partial charge in [-0.15, -0.1) is 0 Å². The first-order valence-electron chi connectivity index (χ1n) is 8.01. The van der Waals surface area contributed by atoms with Gasteiger partial charge >= 0.3 is 0 Å². The minimum Gasteiger partial charge on any atom is -0.481 e. The van der Waals surface area contributed by atoms with Crippen LogP contribution in [0.3, 0.4) is 0 Å². The predicted octanol–water partition coefficient (Wildman–Crippen LogP) is 4.83. The summed E-state index contributed by atoms with van der Waals surface area (Å²) in [7, 11) is 0. The third kappa shape index (κ3) is 4.59. The molecule has 23 heavy (non-hydrogen) atoms. The maximum atomic E-state index is 12.3. The SMILES string of the molecule is Cc1ccc(NC(=O)[C@@H](C)Oc2ccc(C(C)C)cc2)cc1C. The van der Waals surface area contributed by atoms with E-state index in [0.717, 1.165) is 11.3 Å². The Bertz CT molecular complexity index is 675.